The van der Waals surface area contributed by atoms with Crippen molar-refractivity contribution in [2.24, 2.45) is 7.05 Å². The van der Waals surface area contributed by atoms with Gasteiger partial charge in [-0.25, -0.2) is 4.79 Å². The Bertz CT molecular complexity index is 658. The van der Waals surface area contributed by atoms with Gasteiger partial charge in [-0.1, -0.05) is 0 Å². The van der Waals surface area contributed by atoms with Crippen molar-refractivity contribution in [1.82, 2.24) is 19.6 Å². The van der Waals surface area contributed by atoms with E-state index in [0.29, 0.717) is 37.8 Å². The van der Waals surface area contributed by atoms with Crippen LogP contribution in [-0.2, 0) is 11.8 Å². The van der Waals surface area contributed by atoms with E-state index in [9.17, 15) is 9.59 Å². The molecule has 7 heteroatoms. The molecule has 0 spiro atoms. The smallest absolute Gasteiger partial charge is 0.410 e. The molecule has 3 rings (SSSR count). The first-order chi connectivity index (χ1) is 11.7. The van der Waals surface area contributed by atoms with Crippen LogP contribution in [0.15, 0.2) is 6.07 Å². The second-order valence-corrected chi connectivity index (χ2v) is 7.97. The van der Waals surface area contributed by atoms with Gasteiger partial charge in [0.25, 0.3) is 5.91 Å². The minimum absolute atomic E-state index is 0.00654. The molecule has 2 heterocycles. The number of hydrogen-bond donors (Lipinski definition) is 0. The molecule has 0 unspecified atom stereocenters. The van der Waals surface area contributed by atoms with E-state index in [2.05, 4.69) is 5.10 Å². The zero-order valence-electron chi connectivity index (χ0n) is 15.6. The van der Waals surface area contributed by atoms with Gasteiger partial charge in [0.1, 0.15) is 11.3 Å². The van der Waals surface area contributed by atoms with Gasteiger partial charge in [0, 0.05) is 39.1 Å². The van der Waals surface area contributed by atoms with Gasteiger partial charge in [-0.05, 0) is 46.1 Å². The molecule has 7 nitrogen and oxygen atoms in total. The number of hydrogen-bond acceptors (Lipinski definition) is 4. The summed E-state index contributed by atoms with van der Waals surface area (Å²) in [7, 11) is 1.82. The molecule has 1 aliphatic heterocycles. The van der Waals surface area contributed by atoms with Crippen LogP contribution in [0.2, 0.25) is 0 Å². The van der Waals surface area contributed by atoms with E-state index in [-0.39, 0.29) is 12.0 Å². The molecule has 0 N–H and O–H groups in total. The van der Waals surface area contributed by atoms with E-state index >= 15 is 0 Å². The lowest BCUT2D eigenvalue weighted by Gasteiger charge is -2.26. The molecule has 25 heavy (non-hydrogen) atoms. The Morgan fingerprint density at radius 3 is 2.40 bits per heavy atom. The molecule has 1 aromatic rings. The van der Waals surface area contributed by atoms with Crippen LogP contribution in [-0.4, -0.2) is 63.4 Å². The zero-order valence-corrected chi connectivity index (χ0v) is 15.6. The third-order valence-electron chi connectivity index (χ3n) is 4.55. The van der Waals surface area contributed by atoms with Crippen molar-refractivity contribution >= 4 is 12.0 Å². The molecule has 0 atom stereocenters. The molecule has 0 bridgehead atoms. The molecule has 2 amide bonds. The van der Waals surface area contributed by atoms with E-state index < -0.39 is 5.60 Å². The third-order valence-corrected chi connectivity index (χ3v) is 4.55. The maximum Gasteiger partial charge on any atom is 0.410 e. The van der Waals surface area contributed by atoms with Crippen LogP contribution in [0.4, 0.5) is 4.79 Å². The highest BCUT2D eigenvalue weighted by Gasteiger charge is 2.30. The standard InChI is InChI=1S/C18H28N4O3/c1-18(2,3)25-17(24)22-9-5-8-21(10-11-22)16(23)15-12-14(13-6-7-13)19-20(15)4/h12-13H,5-11H2,1-4H3. The van der Waals surface area contributed by atoms with Crippen LogP contribution in [0.1, 0.15) is 62.1 Å². The molecular formula is C18H28N4O3. The molecule has 138 valence electrons. The maximum atomic E-state index is 12.9. The molecule has 1 saturated heterocycles. The van der Waals surface area contributed by atoms with Crippen LogP contribution in [0, 0.1) is 0 Å². The molecular weight excluding hydrogens is 320 g/mol. The van der Waals surface area contributed by atoms with E-state index in [1.54, 1.807) is 9.58 Å². The second kappa shape index (κ2) is 6.69. The van der Waals surface area contributed by atoms with Gasteiger partial charge >= 0.3 is 6.09 Å². The summed E-state index contributed by atoms with van der Waals surface area (Å²) in [6.07, 6.45) is 2.77. The number of aryl methyl sites for hydroxylation is 1. The van der Waals surface area contributed by atoms with Crippen molar-refractivity contribution in [3.63, 3.8) is 0 Å². The predicted octanol–water partition coefficient (Wildman–Crippen LogP) is 2.38. The predicted molar refractivity (Wildman–Crippen MR) is 93.5 cm³/mol. The molecule has 1 aromatic heterocycles. The summed E-state index contributed by atoms with van der Waals surface area (Å²) in [6.45, 7) is 7.84. The number of nitrogens with zero attached hydrogens (tertiary/aromatic N) is 4. The summed E-state index contributed by atoms with van der Waals surface area (Å²) >= 11 is 0. The Hall–Kier alpha value is -2.05. The fourth-order valence-electron chi connectivity index (χ4n) is 3.06. The Balaban J connectivity index is 1.62. The second-order valence-electron chi connectivity index (χ2n) is 7.97. The molecule has 1 aliphatic carbocycles. The Morgan fingerprint density at radius 1 is 1.12 bits per heavy atom. The van der Waals surface area contributed by atoms with Crippen molar-refractivity contribution in [3.8, 4) is 0 Å². The average molecular weight is 348 g/mol. The normalized spacial score (nSPS) is 18.9. The van der Waals surface area contributed by atoms with Gasteiger partial charge in [0.05, 0.1) is 5.69 Å². The molecule has 1 saturated carbocycles. The highest BCUT2D eigenvalue weighted by molar-refractivity contribution is 5.92. The van der Waals surface area contributed by atoms with Crippen LogP contribution < -0.4 is 0 Å². The van der Waals surface area contributed by atoms with E-state index in [1.807, 2.05) is 38.8 Å². The van der Waals surface area contributed by atoms with Crippen molar-refractivity contribution in [2.45, 2.75) is 51.6 Å². The monoisotopic (exact) mass is 348 g/mol. The summed E-state index contributed by atoms with van der Waals surface area (Å²) in [6, 6.07) is 1.93. The van der Waals surface area contributed by atoms with Gasteiger partial charge in [-0.3, -0.25) is 9.48 Å². The SMILES string of the molecule is Cn1nc(C2CC2)cc1C(=O)N1CCCN(C(=O)OC(C)(C)C)CC1. The van der Waals surface area contributed by atoms with Gasteiger partial charge in [-0.15, -0.1) is 0 Å². The first-order valence-electron chi connectivity index (χ1n) is 9.06. The number of amides is 2. The minimum Gasteiger partial charge on any atom is -0.444 e. The lowest BCUT2D eigenvalue weighted by molar-refractivity contribution is 0.0255. The van der Waals surface area contributed by atoms with Crippen LogP contribution in [0.25, 0.3) is 0 Å². The first kappa shape index (κ1) is 17.8. The summed E-state index contributed by atoms with van der Waals surface area (Å²) < 4.78 is 7.13. The minimum atomic E-state index is -0.507. The van der Waals surface area contributed by atoms with Crippen LogP contribution in [0.5, 0.6) is 0 Å². The Morgan fingerprint density at radius 2 is 1.76 bits per heavy atom. The van der Waals surface area contributed by atoms with Gasteiger partial charge in [0.15, 0.2) is 0 Å². The molecule has 2 fully saturated rings. The Kier molecular flexibility index (Phi) is 4.75. The van der Waals surface area contributed by atoms with Crippen molar-refractivity contribution in [1.29, 1.82) is 0 Å². The van der Waals surface area contributed by atoms with Crippen LogP contribution >= 0.6 is 0 Å². The Labute approximate surface area is 148 Å². The number of aromatic nitrogens is 2. The quantitative estimate of drug-likeness (QED) is 0.823. The highest BCUT2D eigenvalue weighted by atomic mass is 16.6. The summed E-state index contributed by atoms with van der Waals surface area (Å²) in [5, 5.41) is 4.48. The van der Waals surface area contributed by atoms with Gasteiger partial charge in [-0.2, -0.15) is 5.10 Å². The fraction of sp³-hybridized carbons (Fsp3) is 0.722. The summed E-state index contributed by atoms with van der Waals surface area (Å²) in [4.78, 5) is 28.6. The molecule has 0 radical (unpaired) electrons. The van der Waals surface area contributed by atoms with Crippen LogP contribution in [0.3, 0.4) is 0 Å². The lowest BCUT2D eigenvalue weighted by Crippen LogP contribution is -2.40. The largest absolute Gasteiger partial charge is 0.444 e. The van der Waals surface area contributed by atoms with E-state index in [0.717, 1.165) is 12.1 Å². The topological polar surface area (TPSA) is 67.7 Å². The van der Waals surface area contributed by atoms with E-state index in [1.165, 1.54) is 12.8 Å². The first-order valence-corrected chi connectivity index (χ1v) is 9.06. The number of rotatable bonds is 2. The van der Waals surface area contributed by atoms with Gasteiger partial charge in [0.2, 0.25) is 0 Å². The summed E-state index contributed by atoms with van der Waals surface area (Å²) in [5.74, 6) is 0.521. The number of ether oxygens (including phenoxy) is 1. The van der Waals surface area contributed by atoms with Crippen molar-refractivity contribution < 1.29 is 14.3 Å². The molecule has 0 aromatic carbocycles. The third kappa shape index (κ3) is 4.32. The van der Waals surface area contributed by atoms with Gasteiger partial charge < -0.3 is 14.5 Å². The zero-order chi connectivity index (χ0) is 18.2. The average Bonchev–Trinajstić information content (AvgIpc) is 3.31. The van der Waals surface area contributed by atoms with Crippen molar-refractivity contribution in [2.75, 3.05) is 26.2 Å². The summed E-state index contributed by atoms with van der Waals surface area (Å²) in [5.41, 5.74) is 1.15. The maximum absolute atomic E-state index is 12.9. The van der Waals surface area contributed by atoms with Crippen molar-refractivity contribution in [3.05, 3.63) is 17.5 Å². The highest BCUT2D eigenvalue weighted by Crippen LogP contribution is 2.39. The lowest BCUT2D eigenvalue weighted by atomic mass is 10.2. The number of carbonyl (C=O) groups is 2. The fourth-order valence-corrected chi connectivity index (χ4v) is 3.06. The van der Waals surface area contributed by atoms with E-state index in [4.69, 9.17) is 4.74 Å². The number of carbonyl (C=O) groups excluding carboxylic acids is 2. The molecule has 2 aliphatic rings.